The van der Waals surface area contributed by atoms with Crippen molar-refractivity contribution in [1.82, 2.24) is 24.8 Å². The molecule has 14 heteroatoms. The van der Waals surface area contributed by atoms with Crippen molar-refractivity contribution in [2.24, 2.45) is 0 Å². The summed E-state index contributed by atoms with van der Waals surface area (Å²) < 4.78 is 79.7. The maximum absolute atomic E-state index is 17.2. The number of halogens is 5. The maximum atomic E-state index is 17.2. The van der Waals surface area contributed by atoms with Gasteiger partial charge in [0, 0.05) is 36.1 Å². The van der Waals surface area contributed by atoms with E-state index in [2.05, 4.69) is 20.8 Å². The molecule has 1 amide bonds. The van der Waals surface area contributed by atoms with E-state index >= 15 is 4.39 Å². The number of amides is 1. The molecule has 7 rings (SSSR count). The molecule has 274 valence electrons. The summed E-state index contributed by atoms with van der Waals surface area (Å²) in [5.74, 6) is -1.16. The number of phenols is 1. The van der Waals surface area contributed by atoms with Crippen LogP contribution in [0.4, 0.5) is 27.8 Å². The van der Waals surface area contributed by atoms with Crippen LogP contribution in [0.5, 0.6) is 11.8 Å². The van der Waals surface area contributed by atoms with Crippen LogP contribution >= 0.6 is 0 Å². The van der Waals surface area contributed by atoms with Crippen LogP contribution in [0, 0.1) is 30.9 Å². The number of pyridine rings is 1. The lowest BCUT2D eigenvalue weighted by Crippen LogP contribution is -2.63. The minimum atomic E-state index is -5.04. The minimum absolute atomic E-state index is 0.0110. The van der Waals surface area contributed by atoms with Crippen molar-refractivity contribution in [3.8, 4) is 35.4 Å². The molecule has 52 heavy (non-hydrogen) atoms. The molecule has 9 nitrogen and oxygen atoms in total. The number of hydrogen-bond acceptors (Lipinski definition) is 8. The van der Waals surface area contributed by atoms with Crippen LogP contribution in [0.3, 0.4) is 0 Å². The van der Waals surface area contributed by atoms with Gasteiger partial charge in [0.1, 0.15) is 35.2 Å². The first kappa shape index (κ1) is 35.6. The lowest BCUT2D eigenvalue weighted by Gasteiger charge is -2.47. The summed E-state index contributed by atoms with van der Waals surface area (Å²) in [6, 6.07) is 3.50. The lowest BCUT2D eigenvalue weighted by atomic mass is 9.95. The van der Waals surface area contributed by atoms with Crippen molar-refractivity contribution in [3.63, 3.8) is 0 Å². The molecule has 2 aromatic carbocycles. The predicted octanol–water partition coefficient (Wildman–Crippen LogP) is 6.89. The highest BCUT2D eigenvalue weighted by atomic mass is 19.4. The number of ether oxygens (including phenoxy) is 1. The van der Waals surface area contributed by atoms with Crippen molar-refractivity contribution >= 4 is 33.4 Å². The largest absolute Gasteiger partial charge is 0.508 e. The van der Waals surface area contributed by atoms with E-state index in [0.29, 0.717) is 5.39 Å². The standard InChI is InChI=1S/C38H39F5N6O3/c1-5-23-18-47(19-24(6-2)49(23)35(51)38(41,42)43)34-29-21(4)44-32(27-17-25(50)16-22-10-11-28(39)26(7-3)30(22)27)31(40)33(29)45-36(46-34)52-20-37-12-8-14-48(37)15-9-13-37/h3,10-11,16-17,23-24,50H,5-6,8-9,12-15,18-20H2,1-2,4H3. The van der Waals surface area contributed by atoms with Crippen molar-refractivity contribution in [2.45, 2.75) is 83.1 Å². The van der Waals surface area contributed by atoms with E-state index in [4.69, 9.17) is 16.1 Å². The fourth-order valence-corrected chi connectivity index (χ4v) is 8.55. The molecule has 0 aliphatic carbocycles. The maximum Gasteiger partial charge on any atom is 0.471 e. The molecule has 0 spiro atoms. The SMILES string of the molecule is C#Cc1c(F)ccc2cc(O)cc(-c3nc(C)c4c(N5CC(CC)N(C(=O)C(F)(F)F)C(CC)C5)nc(OCC56CCCN5CCC6)nc4c3F)c12. The average molecular weight is 723 g/mol. The Bertz CT molecular complexity index is 2090. The monoisotopic (exact) mass is 722 g/mol. The topological polar surface area (TPSA) is 94.9 Å². The Morgan fingerprint density at radius 3 is 2.33 bits per heavy atom. The van der Waals surface area contributed by atoms with Gasteiger partial charge in [-0.1, -0.05) is 25.8 Å². The molecule has 2 aromatic heterocycles. The van der Waals surface area contributed by atoms with Crippen LogP contribution in [0.25, 0.3) is 32.9 Å². The molecule has 0 radical (unpaired) electrons. The number of aryl methyl sites for hydroxylation is 1. The predicted molar refractivity (Wildman–Crippen MR) is 186 cm³/mol. The number of anilines is 1. The number of carbonyl (C=O) groups excluding carboxylic acids is 1. The highest BCUT2D eigenvalue weighted by molar-refractivity contribution is 6.03. The molecule has 3 aliphatic heterocycles. The summed E-state index contributed by atoms with van der Waals surface area (Å²) in [7, 11) is 0. The second-order valence-corrected chi connectivity index (χ2v) is 14.0. The van der Waals surface area contributed by atoms with E-state index in [-0.39, 0.29) is 94.5 Å². The molecule has 5 heterocycles. The number of hydrogen-bond donors (Lipinski definition) is 1. The zero-order valence-corrected chi connectivity index (χ0v) is 29.2. The van der Waals surface area contributed by atoms with Gasteiger partial charge >= 0.3 is 18.1 Å². The van der Waals surface area contributed by atoms with Crippen molar-refractivity contribution in [2.75, 3.05) is 37.7 Å². The van der Waals surface area contributed by atoms with Gasteiger partial charge in [-0.15, -0.1) is 6.42 Å². The summed E-state index contributed by atoms with van der Waals surface area (Å²) >= 11 is 0. The number of phenolic OH excluding ortho intramolecular Hbond substituents is 1. The molecule has 1 N–H and O–H groups in total. The number of aromatic nitrogens is 3. The second kappa shape index (κ2) is 13.3. The number of aromatic hydroxyl groups is 1. The normalized spacial score (nSPS) is 20.4. The van der Waals surface area contributed by atoms with Crippen LogP contribution in [0.2, 0.25) is 0 Å². The quantitative estimate of drug-likeness (QED) is 0.163. The first-order valence-electron chi connectivity index (χ1n) is 17.6. The summed E-state index contributed by atoms with van der Waals surface area (Å²) in [5, 5.41) is 11.4. The van der Waals surface area contributed by atoms with E-state index in [1.54, 1.807) is 25.7 Å². The van der Waals surface area contributed by atoms with Crippen LogP contribution in [0.15, 0.2) is 24.3 Å². The number of carbonyl (C=O) groups is 1. The Morgan fingerprint density at radius 2 is 1.71 bits per heavy atom. The molecule has 0 saturated carbocycles. The number of rotatable bonds is 7. The van der Waals surface area contributed by atoms with Gasteiger partial charge in [-0.25, -0.2) is 13.8 Å². The van der Waals surface area contributed by atoms with Gasteiger partial charge in [-0.05, 0) is 82.1 Å². The van der Waals surface area contributed by atoms with E-state index in [9.17, 15) is 27.5 Å². The van der Waals surface area contributed by atoms with Gasteiger partial charge in [0.2, 0.25) is 0 Å². The highest BCUT2D eigenvalue weighted by Crippen LogP contribution is 2.42. The number of benzene rings is 2. The fraction of sp³-hybridized carbons (Fsp3) is 0.474. The number of fused-ring (bicyclic) bond motifs is 3. The molecule has 3 aliphatic rings. The first-order chi connectivity index (χ1) is 24.8. The Hall–Kier alpha value is -4.77. The Balaban J connectivity index is 1.41. The minimum Gasteiger partial charge on any atom is -0.508 e. The van der Waals surface area contributed by atoms with E-state index < -0.39 is 35.8 Å². The zero-order valence-electron chi connectivity index (χ0n) is 29.2. The van der Waals surface area contributed by atoms with Crippen molar-refractivity contribution in [3.05, 3.63) is 47.2 Å². The van der Waals surface area contributed by atoms with Gasteiger partial charge < -0.3 is 19.6 Å². The number of nitrogens with zero attached hydrogens (tertiary/aromatic N) is 6. The van der Waals surface area contributed by atoms with Crippen LogP contribution in [-0.4, -0.2) is 92.4 Å². The molecule has 2 unspecified atom stereocenters. The molecular formula is C38H39F5N6O3. The third-order valence-electron chi connectivity index (χ3n) is 11.0. The van der Waals surface area contributed by atoms with Crippen LogP contribution < -0.4 is 9.64 Å². The van der Waals surface area contributed by atoms with Crippen LogP contribution in [-0.2, 0) is 4.79 Å². The van der Waals surface area contributed by atoms with Gasteiger partial charge in [-0.3, -0.25) is 9.69 Å². The van der Waals surface area contributed by atoms with Gasteiger partial charge in [0.25, 0.3) is 0 Å². The lowest BCUT2D eigenvalue weighted by molar-refractivity contribution is -0.191. The molecule has 3 saturated heterocycles. The molecule has 3 fully saturated rings. The zero-order chi connectivity index (χ0) is 37.1. The van der Waals surface area contributed by atoms with Gasteiger partial charge in [0.05, 0.1) is 22.2 Å². The Morgan fingerprint density at radius 1 is 1.04 bits per heavy atom. The smallest absolute Gasteiger partial charge is 0.471 e. The number of alkyl halides is 3. The molecule has 4 aromatic rings. The average Bonchev–Trinajstić information content (AvgIpc) is 3.71. The van der Waals surface area contributed by atoms with Gasteiger partial charge in [-0.2, -0.15) is 23.1 Å². The van der Waals surface area contributed by atoms with E-state index in [0.717, 1.165) is 43.7 Å². The summed E-state index contributed by atoms with van der Waals surface area (Å²) in [5.41, 5.74) is -0.405. The molecule has 2 atom stereocenters. The van der Waals surface area contributed by atoms with E-state index in [1.165, 1.54) is 24.3 Å². The number of terminal acetylenes is 1. The summed E-state index contributed by atoms with van der Waals surface area (Å²) in [6.45, 7) is 7.19. The third-order valence-corrected chi connectivity index (χ3v) is 11.0. The van der Waals surface area contributed by atoms with Crippen molar-refractivity contribution < 1.29 is 36.6 Å². The Kier molecular flexibility index (Phi) is 9.13. The molecular weight excluding hydrogens is 683 g/mol. The van der Waals surface area contributed by atoms with Crippen LogP contribution in [0.1, 0.15) is 63.6 Å². The fourth-order valence-electron chi connectivity index (χ4n) is 8.55. The van der Waals surface area contributed by atoms with Gasteiger partial charge in [0.15, 0.2) is 5.82 Å². The summed E-state index contributed by atoms with van der Waals surface area (Å²) in [4.78, 5) is 31.7. The second-order valence-electron chi connectivity index (χ2n) is 14.0. The molecule has 0 bridgehead atoms. The first-order valence-corrected chi connectivity index (χ1v) is 17.6. The highest BCUT2D eigenvalue weighted by Gasteiger charge is 2.49. The third kappa shape index (κ3) is 5.92. The summed E-state index contributed by atoms with van der Waals surface area (Å²) in [6.07, 6.45) is 5.02. The Labute approximate surface area is 297 Å². The van der Waals surface area contributed by atoms with Crippen molar-refractivity contribution in [1.29, 1.82) is 0 Å². The number of piperazine rings is 1. The van der Waals surface area contributed by atoms with E-state index in [1.807, 2.05) is 0 Å².